The highest BCUT2D eigenvalue weighted by Gasteiger charge is 2.15. The molecular formula is C26H27N3O2. The van der Waals surface area contributed by atoms with Crippen LogP contribution in [0.1, 0.15) is 36.4 Å². The Hall–Kier alpha value is -3.78. The molecule has 3 rings (SSSR count). The van der Waals surface area contributed by atoms with Crippen LogP contribution in [0.5, 0.6) is 5.75 Å². The minimum absolute atomic E-state index is 0.0315. The largest absolute Gasteiger partial charge is 0.491 e. The third-order valence-corrected chi connectivity index (χ3v) is 4.96. The lowest BCUT2D eigenvalue weighted by Gasteiger charge is -2.12. The van der Waals surface area contributed by atoms with Gasteiger partial charge in [-0.05, 0) is 76.1 Å². The monoisotopic (exact) mass is 413 g/mol. The van der Waals surface area contributed by atoms with Gasteiger partial charge < -0.3 is 14.6 Å². The molecule has 0 fully saturated rings. The maximum Gasteiger partial charge on any atom is 0.266 e. The molecule has 0 saturated carbocycles. The maximum atomic E-state index is 12.8. The van der Waals surface area contributed by atoms with Crippen molar-refractivity contribution in [2.75, 3.05) is 5.32 Å². The van der Waals surface area contributed by atoms with Crippen LogP contribution in [0.15, 0.2) is 60.2 Å². The van der Waals surface area contributed by atoms with Crippen LogP contribution in [0.25, 0.3) is 11.8 Å². The maximum absolute atomic E-state index is 12.8. The number of aryl methyl sites for hydroxylation is 2. The Labute approximate surface area is 183 Å². The summed E-state index contributed by atoms with van der Waals surface area (Å²) in [6.45, 7) is 9.95. The second-order valence-corrected chi connectivity index (χ2v) is 7.77. The summed E-state index contributed by atoms with van der Waals surface area (Å²) < 4.78 is 7.81. The molecule has 1 heterocycles. The molecule has 1 aromatic heterocycles. The summed E-state index contributed by atoms with van der Waals surface area (Å²) in [6.07, 6.45) is 1.67. The summed E-state index contributed by atoms with van der Waals surface area (Å²) >= 11 is 0. The molecular weight excluding hydrogens is 386 g/mol. The Kier molecular flexibility index (Phi) is 6.61. The van der Waals surface area contributed by atoms with Crippen molar-refractivity contribution in [3.63, 3.8) is 0 Å². The SMILES string of the molecule is Cc1ccccc1-n1c(C)cc(/C=C(/C#N)C(=O)Nc2cccc(OC(C)C)c2)c1C. The van der Waals surface area contributed by atoms with E-state index in [0.717, 1.165) is 28.2 Å². The number of hydrogen-bond acceptors (Lipinski definition) is 3. The van der Waals surface area contributed by atoms with Crippen LogP contribution in [0.3, 0.4) is 0 Å². The summed E-state index contributed by atoms with van der Waals surface area (Å²) in [7, 11) is 0. The fraction of sp³-hybridized carbons (Fsp3) is 0.231. The van der Waals surface area contributed by atoms with Crippen molar-refractivity contribution >= 4 is 17.7 Å². The highest BCUT2D eigenvalue weighted by atomic mass is 16.5. The highest BCUT2D eigenvalue weighted by molar-refractivity contribution is 6.09. The van der Waals surface area contributed by atoms with Crippen LogP contribution < -0.4 is 10.1 Å². The van der Waals surface area contributed by atoms with Crippen LogP contribution in [-0.2, 0) is 4.79 Å². The van der Waals surface area contributed by atoms with E-state index in [1.807, 2.05) is 58.0 Å². The quantitative estimate of drug-likeness (QED) is 0.414. The number of hydrogen-bond donors (Lipinski definition) is 1. The molecule has 0 spiro atoms. The summed E-state index contributed by atoms with van der Waals surface area (Å²) in [5.41, 5.74) is 5.71. The number of benzene rings is 2. The predicted octanol–water partition coefficient (Wildman–Crippen LogP) is 5.74. The van der Waals surface area contributed by atoms with Gasteiger partial charge in [0, 0.05) is 28.8 Å². The van der Waals surface area contributed by atoms with Gasteiger partial charge in [-0.3, -0.25) is 4.79 Å². The molecule has 2 aromatic carbocycles. The predicted molar refractivity (Wildman–Crippen MR) is 124 cm³/mol. The molecule has 31 heavy (non-hydrogen) atoms. The number of aromatic nitrogens is 1. The smallest absolute Gasteiger partial charge is 0.266 e. The summed E-state index contributed by atoms with van der Waals surface area (Å²) in [4.78, 5) is 12.8. The van der Waals surface area contributed by atoms with E-state index >= 15 is 0 Å². The first kappa shape index (κ1) is 21.9. The van der Waals surface area contributed by atoms with Crippen molar-refractivity contribution in [1.29, 1.82) is 5.26 Å². The minimum atomic E-state index is -0.454. The van der Waals surface area contributed by atoms with Crippen molar-refractivity contribution in [2.24, 2.45) is 0 Å². The number of amides is 1. The molecule has 5 nitrogen and oxygen atoms in total. The minimum Gasteiger partial charge on any atom is -0.491 e. The zero-order valence-electron chi connectivity index (χ0n) is 18.6. The lowest BCUT2D eigenvalue weighted by molar-refractivity contribution is -0.112. The third kappa shape index (κ3) is 5.04. The summed E-state index contributed by atoms with van der Waals surface area (Å²) in [5, 5.41) is 12.4. The van der Waals surface area contributed by atoms with Gasteiger partial charge in [-0.25, -0.2) is 0 Å². The zero-order valence-corrected chi connectivity index (χ0v) is 18.6. The molecule has 158 valence electrons. The number of carbonyl (C=O) groups excluding carboxylic acids is 1. The van der Waals surface area contributed by atoms with Gasteiger partial charge in [0.1, 0.15) is 17.4 Å². The van der Waals surface area contributed by atoms with Crippen LogP contribution >= 0.6 is 0 Å². The van der Waals surface area contributed by atoms with Crippen molar-refractivity contribution in [2.45, 2.75) is 40.7 Å². The zero-order chi connectivity index (χ0) is 22.5. The molecule has 5 heteroatoms. The first-order valence-corrected chi connectivity index (χ1v) is 10.2. The van der Waals surface area contributed by atoms with Gasteiger partial charge in [-0.1, -0.05) is 24.3 Å². The average molecular weight is 414 g/mol. The molecule has 0 bridgehead atoms. The molecule has 1 N–H and O–H groups in total. The van der Waals surface area contributed by atoms with E-state index < -0.39 is 5.91 Å². The molecule has 1 amide bonds. The van der Waals surface area contributed by atoms with Crippen LogP contribution in [0.4, 0.5) is 5.69 Å². The number of nitrogens with one attached hydrogen (secondary N) is 1. The number of carbonyl (C=O) groups is 1. The van der Waals surface area contributed by atoms with Crippen LogP contribution in [0.2, 0.25) is 0 Å². The van der Waals surface area contributed by atoms with E-state index in [1.54, 1.807) is 24.3 Å². The van der Waals surface area contributed by atoms with E-state index in [4.69, 9.17) is 4.74 Å². The number of nitrogens with zero attached hydrogens (tertiary/aromatic N) is 2. The molecule has 0 aliphatic heterocycles. The first-order chi connectivity index (χ1) is 14.8. The molecule has 0 radical (unpaired) electrons. The second kappa shape index (κ2) is 9.36. The fourth-order valence-electron chi connectivity index (χ4n) is 3.54. The third-order valence-electron chi connectivity index (χ3n) is 4.96. The Bertz CT molecular complexity index is 1180. The fourth-order valence-corrected chi connectivity index (χ4v) is 3.54. The lowest BCUT2D eigenvalue weighted by atomic mass is 10.1. The number of rotatable bonds is 6. The number of anilines is 1. The average Bonchev–Trinajstić information content (AvgIpc) is 2.99. The van der Waals surface area contributed by atoms with Gasteiger partial charge in [0.15, 0.2) is 0 Å². The molecule has 0 atom stereocenters. The van der Waals surface area contributed by atoms with Gasteiger partial charge in [-0.15, -0.1) is 0 Å². The van der Waals surface area contributed by atoms with Gasteiger partial charge >= 0.3 is 0 Å². The standard InChI is InChI=1S/C26H27N3O2/c1-17(2)31-24-11-8-10-23(15-24)28-26(30)22(16-27)14-21-13-19(4)29(20(21)5)25-12-7-6-9-18(25)3/h6-15,17H,1-5H3,(H,28,30)/b22-14-. The van der Waals surface area contributed by atoms with Gasteiger partial charge in [0.25, 0.3) is 5.91 Å². The Morgan fingerprint density at radius 2 is 1.84 bits per heavy atom. The molecule has 0 saturated heterocycles. The van der Waals surface area contributed by atoms with Crippen LogP contribution in [0, 0.1) is 32.1 Å². The molecule has 3 aromatic rings. The van der Waals surface area contributed by atoms with E-state index in [-0.39, 0.29) is 11.7 Å². The van der Waals surface area contributed by atoms with Crippen molar-refractivity contribution in [1.82, 2.24) is 4.57 Å². The number of para-hydroxylation sites is 1. The first-order valence-electron chi connectivity index (χ1n) is 10.2. The van der Waals surface area contributed by atoms with Crippen molar-refractivity contribution in [3.8, 4) is 17.5 Å². The molecule has 0 aliphatic carbocycles. The Morgan fingerprint density at radius 1 is 1.10 bits per heavy atom. The lowest BCUT2D eigenvalue weighted by Crippen LogP contribution is -2.14. The van der Waals surface area contributed by atoms with Crippen LogP contribution in [-0.4, -0.2) is 16.6 Å². The van der Waals surface area contributed by atoms with Crippen molar-refractivity contribution in [3.05, 3.63) is 82.7 Å². The normalized spacial score (nSPS) is 11.3. The highest BCUT2D eigenvalue weighted by Crippen LogP contribution is 2.25. The molecule has 0 aliphatic rings. The van der Waals surface area contributed by atoms with Gasteiger partial charge in [0.2, 0.25) is 0 Å². The number of nitriles is 1. The molecule has 0 unspecified atom stereocenters. The van der Waals surface area contributed by atoms with E-state index in [0.29, 0.717) is 11.4 Å². The number of ether oxygens (including phenoxy) is 1. The van der Waals surface area contributed by atoms with Gasteiger partial charge in [-0.2, -0.15) is 5.26 Å². The van der Waals surface area contributed by atoms with E-state index in [1.165, 1.54) is 0 Å². The van der Waals surface area contributed by atoms with Crippen molar-refractivity contribution < 1.29 is 9.53 Å². The Morgan fingerprint density at radius 3 is 2.52 bits per heavy atom. The Balaban J connectivity index is 1.89. The van der Waals surface area contributed by atoms with E-state index in [2.05, 4.69) is 28.9 Å². The van der Waals surface area contributed by atoms with Gasteiger partial charge in [0.05, 0.1) is 6.10 Å². The van der Waals surface area contributed by atoms with E-state index in [9.17, 15) is 10.1 Å². The summed E-state index contributed by atoms with van der Waals surface area (Å²) in [5.74, 6) is 0.210. The topological polar surface area (TPSA) is 67.0 Å². The second-order valence-electron chi connectivity index (χ2n) is 7.77. The summed E-state index contributed by atoms with van der Waals surface area (Å²) in [6, 6.07) is 19.3.